The Morgan fingerprint density at radius 3 is 2.45 bits per heavy atom. The molecule has 0 saturated carbocycles. The Morgan fingerprint density at radius 1 is 1.16 bits per heavy atom. The van der Waals surface area contributed by atoms with Crippen LogP contribution in [0.5, 0.6) is 11.6 Å². The van der Waals surface area contributed by atoms with Crippen molar-refractivity contribution < 1.29 is 32.2 Å². The summed E-state index contributed by atoms with van der Waals surface area (Å²) >= 11 is 3.09. The molecule has 0 fully saturated rings. The number of carbonyl (C=O) groups excluding carboxylic acids is 1. The van der Waals surface area contributed by atoms with Gasteiger partial charge in [0.05, 0.1) is 19.0 Å². The van der Waals surface area contributed by atoms with Gasteiger partial charge in [-0.25, -0.2) is 19.7 Å². The second-order valence-electron chi connectivity index (χ2n) is 6.90. The van der Waals surface area contributed by atoms with Crippen LogP contribution in [0.1, 0.15) is 32.2 Å². The van der Waals surface area contributed by atoms with Gasteiger partial charge in [-0.2, -0.15) is 13.2 Å². The summed E-state index contributed by atoms with van der Waals surface area (Å²) in [6.45, 7) is 3.69. The molecule has 31 heavy (non-hydrogen) atoms. The fourth-order valence-corrected chi connectivity index (χ4v) is 2.41. The SMILES string of the molecule is COc1cc(NC(=O)OC(C)(C)C)cnc1C#Cc1ncnc(OCC(F)(F)F)c1Br. The highest BCUT2D eigenvalue weighted by atomic mass is 79.9. The predicted molar refractivity (Wildman–Crippen MR) is 108 cm³/mol. The van der Waals surface area contributed by atoms with Crippen molar-refractivity contribution in [3.63, 3.8) is 0 Å². The number of halogens is 4. The van der Waals surface area contributed by atoms with E-state index in [0.29, 0.717) is 5.69 Å². The molecule has 0 aliphatic carbocycles. The third-order valence-corrected chi connectivity index (χ3v) is 3.86. The fraction of sp³-hybridized carbons (Fsp3) is 0.368. The molecule has 0 saturated heterocycles. The summed E-state index contributed by atoms with van der Waals surface area (Å²) in [5, 5.41) is 2.53. The summed E-state index contributed by atoms with van der Waals surface area (Å²) in [5.74, 6) is 5.33. The molecule has 0 unspecified atom stereocenters. The van der Waals surface area contributed by atoms with E-state index in [0.717, 1.165) is 6.33 Å². The lowest BCUT2D eigenvalue weighted by molar-refractivity contribution is -0.154. The Balaban J connectivity index is 2.22. The molecular weight excluding hydrogens is 485 g/mol. The van der Waals surface area contributed by atoms with Crippen LogP contribution in [0.15, 0.2) is 23.1 Å². The molecule has 12 heteroatoms. The first-order chi connectivity index (χ1) is 14.4. The summed E-state index contributed by atoms with van der Waals surface area (Å²) in [6.07, 6.45) is -2.79. The summed E-state index contributed by atoms with van der Waals surface area (Å²) < 4.78 is 52.2. The maximum atomic E-state index is 12.4. The lowest BCUT2D eigenvalue weighted by atomic mass is 10.2. The second-order valence-corrected chi connectivity index (χ2v) is 7.69. The molecule has 0 aliphatic rings. The minimum absolute atomic E-state index is 0.0638. The van der Waals surface area contributed by atoms with Crippen LogP contribution in [0, 0.1) is 11.8 Å². The Morgan fingerprint density at radius 2 is 1.84 bits per heavy atom. The smallest absolute Gasteiger partial charge is 0.422 e. The number of anilines is 1. The largest absolute Gasteiger partial charge is 0.494 e. The summed E-state index contributed by atoms with van der Waals surface area (Å²) in [4.78, 5) is 23.6. The summed E-state index contributed by atoms with van der Waals surface area (Å²) in [7, 11) is 1.39. The van der Waals surface area contributed by atoms with Crippen molar-refractivity contribution >= 4 is 27.7 Å². The third-order valence-electron chi connectivity index (χ3n) is 3.15. The van der Waals surface area contributed by atoms with E-state index < -0.39 is 24.5 Å². The maximum Gasteiger partial charge on any atom is 0.422 e. The van der Waals surface area contributed by atoms with Gasteiger partial charge >= 0.3 is 12.3 Å². The van der Waals surface area contributed by atoms with Gasteiger partial charge in [0.15, 0.2) is 18.1 Å². The molecule has 2 aromatic heterocycles. The van der Waals surface area contributed by atoms with E-state index in [1.165, 1.54) is 19.4 Å². The van der Waals surface area contributed by atoms with E-state index in [-0.39, 0.29) is 27.5 Å². The number of carbonyl (C=O) groups is 1. The highest BCUT2D eigenvalue weighted by Crippen LogP contribution is 2.26. The van der Waals surface area contributed by atoms with E-state index in [1.807, 2.05) is 0 Å². The van der Waals surface area contributed by atoms with Gasteiger partial charge in [-0.1, -0.05) is 0 Å². The molecule has 2 aromatic rings. The Kier molecular flexibility index (Phi) is 7.67. The van der Waals surface area contributed by atoms with E-state index >= 15 is 0 Å². The van der Waals surface area contributed by atoms with Gasteiger partial charge in [0.1, 0.15) is 22.1 Å². The van der Waals surface area contributed by atoms with Crippen molar-refractivity contribution in [2.24, 2.45) is 0 Å². The molecule has 0 spiro atoms. The molecule has 8 nitrogen and oxygen atoms in total. The molecule has 2 heterocycles. The van der Waals surface area contributed by atoms with Crippen molar-refractivity contribution in [3.8, 4) is 23.5 Å². The quantitative estimate of drug-likeness (QED) is 0.621. The minimum Gasteiger partial charge on any atom is -0.494 e. The van der Waals surface area contributed by atoms with E-state index in [2.05, 4.69) is 52.8 Å². The number of amides is 1. The number of ether oxygens (including phenoxy) is 3. The van der Waals surface area contributed by atoms with E-state index in [1.54, 1.807) is 20.8 Å². The monoisotopic (exact) mass is 502 g/mol. The first kappa shape index (κ1) is 24.2. The van der Waals surface area contributed by atoms with E-state index in [4.69, 9.17) is 9.47 Å². The van der Waals surface area contributed by atoms with Crippen molar-refractivity contribution in [1.29, 1.82) is 0 Å². The zero-order chi connectivity index (χ0) is 23.2. The first-order valence-corrected chi connectivity index (χ1v) is 9.43. The number of alkyl halides is 3. The molecule has 0 atom stereocenters. The Labute approximate surface area is 184 Å². The highest BCUT2D eigenvalue weighted by Gasteiger charge is 2.29. The summed E-state index contributed by atoms with van der Waals surface area (Å²) in [5.41, 5.74) is -0.0455. The van der Waals surface area contributed by atoms with Crippen LogP contribution >= 0.6 is 15.9 Å². The highest BCUT2D eigenvalue weighted by molar-refractivity contribution is 9.10. The van der Waals surface area contributed by atoms with Crippen molar-refractivity contribution in [2.45, 2.75) is 32.5 Å². The van der Waals surface area contributed by atoms with Crippen molar-refractivity contribution in [1.82, 2.24) is 15.0 Å². The van der Waals surface area contributed by atoms with Crippen LogP contribution in [0.25, 0.3) is 0 Å². The molecule has 2 rings (SSSR count). The van der Waals surface area contributed by atoms with Crippen LogP contribution in [0.3, 0.4) is 0 Å². The topological polar surface area (TPSA) is 95.5 Å². The zero-order valence-electron chi connectivity index (χ0n) is 16.9. The molecular formula is C19H18BrF3N4O4. The van der Waals surface area contributed by atoms with Gasteiger partial charge in [-0.15, -0.1) is 0 Å². The normalized spacial score (nSPS) is 11.2. The van der Waals surface area contributed by atoms with Crippen molar-refractivity contribution in [2.75, 3.05) is 19.0 Å². The average molecular weight is 503 g/mol. The van der Waals surface area contributed by atoms with Crippen LogP contribution in [0.2, 0.25) is 0 Å². The Hall–Kier alpha value is -3.07. The summed E-state index contributed by atoms with van der Waals surface area (Å²) in [6, 6.07) is 1.49. The number of nitrogens with one attached hydrogen (secondary N) is 1. The maximum absolute atomic E-state index is 12.4. The molecule has 0 aromatic carbocycles. The van der Waals surface area contributed by atoms with Gasteiger partial charge in [0, 0.05) is 6.07 Å². The van der Waals surface area contributed by atoms with E-state index in [9.17, 15) is 18.0 Å². The minimum atomic E-state index is -4.51. The lowest BCUT2D eigenvalue weighted by Crippen LogP contribution is -2.27. The van der Waals surface area contributed by atoms with Crippen LogP contribution < -0.4 is 14.8 Å². The second kappa shape index (κ2) is 9.82. The number of pyridine rings is 1. The molecule has 0 radical (unpaired) electrons. The first-order valence-electron chi connectivity index (χ1n) is 8.64. The molecule has 0 bridgehead atoms. The number of aromatic nitrogens is 3. The third kappa shape index (κ3) is 7.93. The fourth-order valence-electron chi connectivity index (χ4n) is 1.99. The number of methoxy groups -OCH3 is 1. The van der Waals surface area contributed by atoms with Gasteiger partial charge in [0.2, 0.25) is 5.88 Å². The van der Waals surface area contributed by atoms with Crippen LogP contribution in [-0.2, 0) is 4.74 Å². The zero-order valence-corrected chi connectivity index (χ0v) is 18.5. The average Bonchev–Trinajstić information content (AvgIpc) is 2.64. The van der Waals surface area contributed by atoms with Gasteiger partial charge < -0.3 is 14.2 Å². The number of rotatable bonds is 4. The van der Waals surface area contributed by atoms with Crippen molar-refractivity contribution in [3.05, 3.63) is 34.5 Å². The number of nitrogens with zero attached hydrogens (tertiary/aromatic N) is 3. The molecule has 166 valence electrons. The number of hydrogen-bond acceptors (Lipinski definition) is 7. The van der Waals surface area contributed by atoms with Crippen LogP contribution in [0.4, 0.5) is 23.7 Å². The molecule has 1 N–H and O–H groups in total. The van der Waals surface area contributed by atoms with Gasteiger partial charge in [-0.05, 0) is 48.5 Å². The van der Waals surface area contributed by atoms with Crippen LogP contribution in [-0.4, -0.2) is 46.5 Å². The molecule has 0 aliphatic heterocycles. The Bertz CT molecular complexity index is 1010. The lowest BCUT2D eigenvalue weighted by Gasteiger charge is -2.19. The van der Waals surface area contributed by atoms with Gasteiger partial charge in [0.25, 0.3) is 0 Å². The number of hydrogen-bond donors (Lipinski definition) is 1. The predicted octanol–water partition coefficient (Wildman–Crippen LogP) is 4.33. The van der Waals surface area contributed by atoms with Gasteiger partial charge in [-0.3, -0.25) is 5.32 Å². The molecule has 1 amide bonds. The standard InChI is InChI=1S/C19H18BrF3N4O4/c1-18(2,3)31-17(28)27-11-7-14(29-4)12(24-8-11)5-6-13-15(20)16(26-10-25-13)30-9-19(21,22)23/h7-8,10H,9H2,1-4H3,(H,27,28).